The molecular formula is C36H38O5. The molecule has 0 bridgehead atoms. The number of ether oxygens (including phenoxy) is 5. The van der Waals surface area contributed by atoms with Crippen LogP contribution >= 0.6 is 0 Å². The molecule has 5 nitrogen and oxygen atoms in total. The summed E-state index contributed by atoms with van der Waals surface area (Å²) >= 11 is 0. The van der Waals surface area contributed by atoms with Gasteiger partial charge in [-0.25, -0.2) is 0 Å². The summed E-state index contributed by atoms with van der Waals surface area (Å²) in [4.78, 5) is 0. The second kappa shape index (κ2) is 11.2. The van der Waals surface area contributed by atoms with Gasteiger partial charge >= 0.3 is 0 Å². The zero-order valence-corrected chi connectivity index (χ0v) is 24.3. The van der Waals surface area contributed by atoms with Gasteiger partial charge in [0.25, 0.3) is 0 Å². The van der Waals surface area contributed by atoms with Gasteiger partial charge in [-0.2, -0.15) is 0 Å². The molecule has 5 heteroatoms. The number of benzene rings is 4. The predicted molar refractivity (Wildman–Crippen MR) is 160 cm³/mol. The second-order valence-electron chi connectivity index (χ2n) is 11.6. The van der Waals surface area contributed by atoms with Crippen LogP contribution in [0.15, 0.2) is 97.1 Å². The van der Waals surface area contributed by atoms with Crippen molar-refractivity contribution in [3.05, 3.63) is 125 Å². The first-order chi connectivity index (χ1) is 19.9. The average Bonchev–Trinajstić information content (AvgIpc) is 3.95. The van der Waals surface area contributed by atoms with Crippen LogP contribution in [0.5, 0.6) is 17.2 Å². The summed E-state index contributed by atoms with van der Waals surface area (Å²) in [5.41, 5.74) is 5.55. The van der Waals surface area contributed by atoms with Crippen molar-refractivity contribution in [2.45, 2.75) is 43.8 Å². The first-order valence-corrected chi connectivity index (χ1v) is 14.3. The number of rotatable bonds is 12. The Kier molecular flexibility index (Phi) is 7.50. The molecule has 0 aliphatic carbocycles. The summed E-state index contributed by atoms with van der Waals surface area (Å²) < 4.78 is 27.8. The van der Waals surface area contributed by atoms with E-state index in [9.17, 15) is 0 Å². The maximum Gasteiger partial charge on any atom is 0.119 e. The van der Waals surface area contributed by atoms with Crippen molar-refractivity contribution in [3.8, 4) is 17.2 Å². The molecule has 2 fully saturated rings. The molecule has 6 rings (SSSR count). The minimum atomic E-state index is -0.390. The third-order valence-corrected chi connectivity index (χ3v) is 8.54. The fourth-order valence-corrected chi connectivity index (χ4v) is 5.37. The van der Waals surface area contributed by atoms with Crippen molar-refractivity contribution in [3.63, 3.8) is 0 Å². The van der Waals surface area contributed by atoms with Crippen LogP contribution in [0.2, 0.25) is 0 Å². The fraction of sp³-hybridized carbons (Fsp3) is 0.333. The van der Waals surface area contributed by atoms with E-state index in [4.69, 9.17) is 23.7 Å². The lowest BCUT2D eigenvalue weighted by atomic mass is 9.70. The van der Waals surface area contributed by atoms with Crippen LogP contribution in [0, 0.1) is 0 Å². The van der Waals surface area contributed by atoms with Crippen LogP contribution in [0.1, 0.15) is 48.6 Å². The highest BCUT2D eigenvalue weighted by atomic mass is 16.6. The summed E-state index contributed by atoms with van der Waals surface area (Å²) in [6, 6.07) is 34.3. The molecule has 2 heterocycles. The SMILES string of the molecule is COc1ccc(C(C)(C)c2ccc(C(C)(c3ccc(OCC4CO4)cc3)c3ccc(OCC4CO4)cc3)cc2)cc1. The van der Waals surface area contributed by atoms with E-state index in [1.165, 1.54) is 27.8 Å². The molecular weight excluding hydrogens is 512 g/mol. The highest BCUT2D eigenvalue weighted by molar-refractivity contribution is 5.52. The molecule has 2 aliphatic rings. The van der Waals surface area contributed by atoms with Crippen molar-refractivity contribution in [2.75, 3.05) is 33.5 Å². The Balaban J connectivity index is 1.31. The van der Waals surface area contributed by atoms with Gasteiger partial charge in [0.15, 0.2) is 0 Å². The van der Waals surface area contributed by atoms with Crippen LogP contribution in [0.25, 0.3) is 0 Å². The molecule has 0 radical (unpaired) electrons. The topological polar surface area (TPSA) is 52.8 Å². The Morgan fingerprint density at radius 1 is 0.537 bits per heavy atom. The van der Waals surface area contributed by atoms with Gasteiger partial charge in [0.05, 0.1) is 20.3 Å². The minimum Gasteiger partial charge on any atom is -0.497 e. The maximum absolute atomic E-state index is 5.93. The van der Waals surface area contributed by atoms with Crippen LogP contribution in [-0.2, 0) is 20.3 Å². The van der Waals surface area contributed by atoms with Gasteiger partial charge in [0.2, 0.25) is 0 Å². The number of epoxide rings is 2. The average molecular weight is 551 g/mol. The summed E-state index contributed by atoms with van der Waals surface area (Å²) in [6.45, 7) is 9.58. The van der Waals surface area contributed by atoms with Gasteiger partial charge in [-0.05, 0) is 71.1 Å². The third-order valence-electron chi connectivity index (χ3n) is 8.54. The van der Waals surface area contributed by atoms with E-state index < -0.39 is 0 Å². The summed E-state index contributed by atoms with van der Waals surface area (Å²) in [6.07, 6.45) is 0.459. The van der Waals surface area contributed by atoms with E-state index in [0.29, 0.717) is 13.2 Å². The van der Waals surface area contributed by atoms with Gasteiger partial charge in [-0.15, -0.1) is 0 Å². The molecule has 0 N–H and O–H groups in total. The van der Waals surface area contributed by atoms with E-state index in [0.717, 1.165) is 30.5 Å². The zero-order chi connectivity index (χ0) is 28.5. The Morgan fingerprint density at radius 2 is 0.854 bits per heavy atom. The van der Waals surface area contributed by atoms with E-state index in [1.807, 2.05) is 12.1 Å². The lowest BCUT2D eigenvalue weighted by Crippen LogP contribution is -2.26. The molecule has 212 valence electrons. The van der Waals surface area contributed by atoms with Crippen molar-refractivity contribution in [1.82, 2.24) is 0 Å². The molecule has 41 heavy (non-hydrogen) atoms. The number of methoxy groups -OCH3 is 1. The van der Waals surface area contributed by atoms with Crippen molar-refractivity contribution in [2.24, 2.45) is 0 Å². The molecule has 2 saturated heterocycles. The lowest BCUT2D eigenvalue weighted by Gasteiger charge is -2.33. The summed E-state index contributed by atoms with van der Waals surface area (Å²) in [5.74, 6) is 2.58. The first-order valence-electron chi connectivity index (χ1n) is 14.3. The van der Waals surface area contributed by atoms with Gasteiger partial charge in [-0.3, -0.25) is 0 Å². The van der Waals surface area contributed by atoms with E-state index >= 15 is 0 Å². The molecule has 2 unspecified atom stereocenters. The lowest BCUT2D eigenvalue weighted by molar-refractivity contribution is 0.263. The minimum absolute atomic E-state index is 0.157. The summed E-state index contributed by atoms with van der Waals surface area (Å²) in [5, 5.41) is 0. The molecule has 2 aliphatic heterocycles. The van der Waals surface area contributed by atoms with Gasteiger partial charge in [-0.1, -0.05) is 74.5 Å². The summed E-state index contributed by atoms with van der Waals surface area (Å²) in [7, 11) is 1.70. The van der Waals surface area contributed by atoms with Crippen molar-refractivity contribution >= 4 is 0 Å². The smallest absolute Gasteiger partial charge is 0.119 e. The van der Waals surface area contributed by atoms with Crippen molar-refractivity contribution in [1.29, 1.82) is 0 Å². The van der Waals surface area contributed by atoms with Gasteiger partial charge < -0.3 is 23.7 Å². The van der Waals surface area contributed by atoms with Crippen LogP contribution in [0.4, 0.5) is 0 Å². The molecule has 0 saturated carbocycles. The number of hydrogen-bond acceptors (Lipinski definition) is 5. The number of hydrogen-bond donors (Lipinski definition) is 0. The van der Waals surface area contributed by atoms with Gasteiger partial charge in [0, 0.05) is 10.8 Å². The Bertz CT molecular complexity index is 1370. The molecule has 4 aromatic rings. The molecule has 0 amide bonds. The second-order valence-corrected chi connectivity index (χ2v) is 11.6. The normalized spacial score (nSPS) is 19.2. The third kappa shape index (κ3) is 5.97. The van der Waals surface area contributed by atoms with Crippen molar-refractivity contribution < 1.29 is 23.7 Å². The van der Waals surface area contributed by atoms with E-state index in [-0.39, 0.29) is 23.0 Å². The van der Waals surface area contributed by atoms with E-state index in [1.54, 1.807) is 7.11 Å². The zero-order valence-electron chi connectivity index (χ0n) is 24.3. The highest BCUT2D eigenvalue weighted by Gasteiger charge is 2.33. The standard InChI is InChI=1S/C36H38O5/c1-35(2,26-9-15-30(37-4)16-10-26)25-5-7-27(8-6-25)36(3,28-11-17-31(18-12-28)38-21-33-23-40-33)29-13-19-32(20-14-29)39-22-34-24-41-34/h5-20,33-34H,21-24H2,1-4H3. The van der Waals surface area contributed by atoms with Crippen LogP contribution in [0.3, 0.4) is 0 Å². The fourth-order valence-electron chi connectivity index (χ4n) is 5.37. The van der Waals surface area contributed by atoms with Crippen LogP contribution < -0.4 is 14.2 Å². The Morgan fingerprint density at radius 3 is 1.22 bits per heavy atom. The molecule has 0 spiro atoms. The first kappa shape index (κ1) is 27.4. The van der Waals surface area contributed by atoms with Gasteiger partial charge in [0.1, 0.15) is 42.7 Å². The Labute approximate surface area is 243 Å². The monoisotopic (exact) mass is 550 g/mol. The highest BCUT2D eigenvalue weighted by Crippen LogP contribution is 2.41. The molecule has 0 aromatic heterocycles. The molecule has 4 aromatic carbocycles. The maximum atomic E-state index is 5.93. The van der Waals surface area contributed by atoms with Crippen LogP contribution in [-0.4, -0.2) is 45.7 Å². The quantitative estimate of drug-likeness (QED) is 0.141. The predicted octanol–water partition coefficient (Wildman–Crippen LogP) is 6.93. The molecule has 2 atom stereocenters. The Hall–Kier alpha value is -3.80. The van der Waals surface area contributed by atoms with E-state index in [2.05, 4.69) is 106 Å². The largest absolute Gasteiger partial charge is 0.497 e.